The monoisotopic (exact) mass is 406 g/mol. The van der Waals surface area contributed by atoms with E-state index in [1.54, 1.807) is 59.7 Å². The third-order valence-corrected chi connectivity index (χ3v) is 4.03. The summed E-state index contributed by atoms with van der Waals surface area (Å²) in [5, 5.41) is 11.2. The maximum atomic E-state index is 13.2. The van der Waals surface area contributed by atoms with Gasteiger partial charge in [0.1, 0.15) is 17.1 Å². The quantitative estimate of drug-likeness (QED) is 0.428. The zero-order chi connectivity index (χ0) is 22.1. The lowest BCUT2D eigenvalue weighted by atomic mass is 9.86. The van der Waals surface area contributed by atoms with Crippen molar-refractivity contribution < 1.29 is 28.8 Å². The number of carbonyl (C=O) groups excluding carboxylic acids is 3. The van der Waals surface area contributed by atoms with Crippen LogP contribution >= 0.6 is 0 Å². The Kier molecular flexibility index (Phi) is 6.01. The molecule has 0 N–H and O–H groups in total. The molecule has 0 saturated carbocycles. The minimum atomic E-state index is -1.38. The van der Waals surface area contributed by atoms with Crippen LogP contribution in [0.2, 0.25) is 0 Å². The number of rotatable bonds is 4. The number of nitrogens with zero attached hydrogens (tertiary/aromatic N) is 2. The second-order valence-electron chi connectivity index (χ2n) is 8.85. The lowest BCUT2D eigenvalue weighted by Crippen LogP contribution is -2.43. The molecule has 0 spiro atoms. The normalized spacial score (nSPS) is 17.5. The Hall–Kier alpha value is -2.97. The lowest BCUT2D eigenvalue weighted by molar-refractivity contribution is -0.486. The molecule has 158 valence electrons. The van der Waals surface area contributed by atoms with Crippen LogP contribution in [0.15, 0.2) is 24.3 Å². The average Bonchev–Trinajstić information content (AvgIpc) is 2.81. The maximum absolute atomic E-state index is 13.2. The third kappa shape index (κ3) is 5.30. The van der Waals surface area contributed by atoms with Gasteiger partial charge in [-0.15, -0.1) is 0 Å². The van der Waals surface area contributed by atoms with Crippen LogP contribution in [0.3, 0.4) is 0 Å². The highest BCUT2D eigenvalue weighted by molar-refractivity contribution is 6.20. The first-order valence-electron chi connectivity index (χ1n) is 9.22. The first-order valence-corrected chi connectivity index (χ1v) is 9.22. The molecular weight excluding hydrogens is 380 g/mol. The summed E-state index contributed by atoms with van der Waals surface area (Å²) >= 11 is 0. The number of imide groups is 1. The Labute approximate surface area is 169 Å². The summed E-state index contributed by atoms with van der Waals surface area (Å²) in [6, 6.07) is 6.37. The van der Waals surface area contributed by atoms with E-state index in [1.165, 1.54) is 6.07 Å². The van der Waals surface area contributed by atoms with E-state index >= 15 is 0 Å². The summed E-state index contributed by atoms with van der Waals surface area (Å²) in [4.78, 5) is 50.0. The molecule has 1 aliphatic rings. The fraction of sp³-hybridized carbons (Fsp3) is 0.550. The van der Waals surface area contributed by atoms with Gasteiger partial charge >= 0.3 is 12.1 Å². The molecule has 9 heteroatoms. The Bertz CT molecular complexity index is 836. The van der Waals surface area contributed by atoms with Gasteiger partial charge in [-0.05, 0) is 53.2 Å². The summed E-state index contributed by atoms with van der Waals surface area (Å²) in [6.07, 6.45) is -0.901. The van der Waals surface area contributed by atoms with Crippen LogP contribution in [0.5, 0.6) is 0 Å². The molecule has 1 aromatic rings. The van der Waals surface area contributed by atoms with Crippen LogP contribution in [0.4, 0.5) is 10.5 Å². The van der Waals surface area contributed by atoms with E-state index in [1.807, 2.05) is 0 Å². The Morgan fingerprint density at radius 2 is 1.66 bits per heavy atom. The average molecular weight is 406 g/mol. The van der Waals surface area contributed by atoms with Crippen molar-refractivity contribution in [1.82, 2.24) is 0 Å². The molecule has 2 rings (SSSR count). The number of para-hydroxylation sites is 1. The van der Waals surface area contributed by atoms with Crippen molar-refractivity contribution in [3.05, 3.63) is 39.9 Å². The Morgan fingerprint density at radius 1 is 1.10 bits per heavy atom. The molecule has 0 fully saturated rings. The number of amides is 2. The third-order valence-electron chi connectivity index (χ3n) is 4.03. The smallest absolute Gasteiger partial charge is 0.421 e. The van der Waals surface area contributed by atoms with Gasteiger partial charge in [-0.25, -0.2) is 9.69 Å². The number of carbonyl (C=O) groups is 3. The van der Waals surface area contributed by atoms with Crippen LogP contribution in [0, 0.1) is 16.0 Å². The minimum Gasteiger partial charge on any atom is -0.460 e. The van der Waals surface area contributed by atoms with Gasteiger partial charge in [0.15, 0.2) is 0 Å². The summed E-state index contributed by atoms with van der Waals surface area (Å²) in [7, 11) is 0. The van der Waals surface area contributed by atoms with Crippen LogP contribution in [-0.4, -0.2) is 40.6 Å². The van der Waals surface area contributed by atoms with E-state index in [0.29, 0.717) is 5.56 Å². The molecule has 0 bridgehead atoms. The van der Waals surface area contributed by atoms with Crippen LogP contribution in [0.1, 0.15) is 53.0 Å². The second kappa shape index (κ2) is 7.81. The molecule has 1 aliphatic heterocycles. The molecule has 0 saturated heterocycles. The molecule has 1 aromatic carbocycles. The van der Waals surface area contributed by atoms with Crippen molar-refractivity contribution in [3.63, 3.8) is 0 Å². The fourth-order valence-corrected chi connectivity index (χ4v) is 3.08. The molecule has 0 unspecified atom stereocenters. The molecule has 0 aliphatic carbocycles. The standard InChI is InChI=1S/C20H26N2O7/c1-19(2,3)28-17(24)13(11-21(26)27)15-12-9-7-8-10-14(12)22(16(15)23)18(25)29-20(4,5)6/h7-10,13,15H,11H2,1-6H3/t13-,15+/m0/s1. The molecule has 2 amide bonds. The molecule has 2 atom stereocenters. The van der Waals surface area contributed by atoms with Gasteiger partial charge in [0.2, 0.25) is 12.5 Å². The predicted molar refractivity (Wildman–Crippen MR) is 104 cm³/mol. The highest BCUT2D eigenvalue weighted by Gasteiger charge is 2.50. The van der Waals surface area contributed by atoms with Gasteiger partial charge < -0.3 is 9.47 Å². The van der Waals surface area contributed by atoms with E-state index in [4.69, 9.17) is 9.47 Å². The minimum absolute atomic E-state index is 0.244. The summed E-state index contributed by atoms with van der Waals surface area (Å²) in [5.41, 5.74) is -1.15. The summed E-state index contributed by atoms with van der Waals surface area (Å²) < 4.78 is 10.6. The molecule has 1 heterocycles. The maximum Gasteiger partial charge on any atom is 0.421 e. The molecule has 0 radical (unpaired) electrons. The number of nitro groups is 1. The van der Waals surface area contributed by atoms with Crippen molar-refractivity contribution in [2.24, 2.45) is 5.92 Å². The van der Waals surface area contributed by atoms with Crippen LogP contribution in [-0.2, 0) is 19.1 Å². The molecular formula is C20H26N2O7. The number of fused-ring (bicyclic) bond motifs is 1. The second-order valence-corrected chi connectivity index (χ2v) is 8.85. The first kappa shape index (κ1) is 22.3. The van der Waals surface area contributed by atoms with Crippen molar-refractivity contribution in [2.45, 2.75) is 58.7 Å². The number of anilines is 1. The SMILES string of the molecule is CC(C)(C)OC(=O)[C@@H](C[N+](=O)[O-])[C@@H]1C(=O)N(C(=O)OC(C)(C)C)c2ccccc21. The number of benzene rings is 1. The number of hydrogen-bond acceptors (Lipinski definition) is 7. The number of ether oxygens (including phenoxy) is 2. The van der Waals surface area contributed by atoms with E-state index in [0.717, 1.165) is 4.90 Å². The zero-order valence-corrected chi connectivity index (χ0v) is 17.4. The fourth-order valence-electron chi connectivity index (χ4n) is 3.08. The Morgan fingerprint density at radius 3 is 2.17 bits per heavy atom. The van der Waals surface area contributed by atoms with Gasteiger partial charge in [0.25, 0.3) is 0 Å². The van der Waals surface area contributed by atoms with E-state index in [2.05, 4.69) is 0 Å². The largest absolute Gasteiger partial charge is 0.460 e. The van der Waals surface area contributed by atoms with Gasteiger partial charge in [0, 0.05) is 4.92 Å². The number of esters is 1. The van der Waals surface area contributed by atoms with E-state index in [9.17, 15) is 24.5 Å². The summed E-state index contributed by atoms with van der Waals surface area (Å²) in [5.74, 6) is -4.23. The summed E-state index contributed by atoms with van der Waals surface area (Å²) in [6.45, 7) is 9.06. The van der Waals surface area contributed by atoms with Gasteiger partial charge in [-0.3, -0.25) is 19.7 Å². The first-order chi connectivity index (χ1) is 13.2. The van der Waals surface area contributed by atoms with Gasteiger partial charge in [-0.1, -0.05) is 18.2 Å². The predicted octanol–water partition coefficient (Wildman–Crippen LogP) is 3.29. The van der Waals surface area contributed by atoms with Crippen LogP contribution in [0.25, 0.3) is 0 Å². The van der Waals surface area contributed by atoms with E-state index in [-0.39, 0.29) is 5.69 Å². The molecule has 9 nitrogen and oxygen atoms in total. The molecule has 0 aromatic heterocycles. The molecule has 29 heavy (non-hydrogen) atoms. The van der Waals surface area contributed by atoms with Crippen LogP contribution < -0.4 is 4.90 Å². The van der Waals surface area contributed by atoms with Crippen molar-refractivity contribution in [1.29, 1.82) is 0 Å². The highest BCUT2D eigenvalue weighted by atomic mass is 16.6. The van der Waals surface area contributed by atoms with E-state index < -0.39 is 52.5 Å². The van der Waals surface area contributed by atoms with Crippen molar-refractivity contribution in [2.75, 3.05) is 11.4 Å². The topological polar surface area (TPSA) is 116 Å². The zero-order valence-electron chi connectivity index (χ0n) is 17.4. The Balaban J connectivity index is 2.49. The number of hydrogen-bond donors (Lipinski definition) is 0. The van der Waals surface area contributed by atoms with Crippen molar-refractivity contribution in [3.8, 4) is 0 Å². The van der Waals surface area contributed by atoms with Gasteiger partial charge in [-0.2, -0.15) is 0 Å². The lowest BCUT2D eigenvalue weighted by Gasteiger charge is -2.26. The van der Waals surface area contributed by atoms with Crippen molar-refractivity contribution >= 4 is 23.7 Å². The highest BCUT2D eigenvalue weighted by Crippen LogP contribution is 2.42. The van der Waals surface area contributed by atoms with Gasteiger partial charge in [0.05, 0.1) is 11.6 Å².